The predicted molar refractivity (Wildman–Crippen MR) is 60.5 cm³/mol. The van der Waals surface area contributed by atoms with Crippen LogP contribution in [-0.4, -0.2) is 23.4 Å². The normalized spacial score (nSPS) is 13.9. The zero-order valence-electron chi connectivity index (χ0n) is 10.6. The van der Waals surface area contributed by atoms with Gasteiger partial charge in [0.2, 0.25) is 5.82 Å². The third kappa shape index (κ3) is 2.68. The quantitative estimate of drug-likeness (QED) is 0.488. The summed E-state index contributed by atoms with van der Waals surface area (Å²) in [7, 11) is 0. The van der Waals surface area contributed by atoms with E-state index in [1.54, 1.807) is 6.07 Å². The van der Waals surface area contributed by atoms with Crippen molar-refractivity contribution in [3.63, 3.8) is 0 Å². The Bertz CT molecular complexity index is 607. The van der Waals surface area contributed by atoms with Crippen LogP contribution in [0.2, 0.25) is 0 Å². The molecule has 0 saturated heterocycles. The molecule has 0 radical (unpaired) electrons. The fraction of sp³-hybridized carbons (Fsp3) is 0.385. The van der Waals surface area contributed by atoms with Crippen molar-refractivity contribution in [1.29, 1.82) is 5.26 Å². The van der Waals surface area contributed by atoms with E-state index in [1.807, 2.05) is 0 Å². The maximum absolute atomic E-state index is 13.6. The van der Waals surface area contributed by atoms with Gasteiger partial charge >= 0.3 is 0 Å². The third-order valence-electron chi connectivity index (χ3n) is 3.14. The summed E-state index contributed by atoms with van der Waals surface area (Å²) in [6, 6.07) is 1.43. The molecule has 2 rings (SSSR count). The van der Waals surface area contributed by atoms with Gasteiger partial charge in [-0.15, -0.1) is 0 Å². The van der Waals surface area contributed by atoms with Crippen LogP contribution in [0.25, 0.3) is 0 Å². The molecule has 0 aliphatic heterocycles. The number of carbonyl (C=O) groups excluding carboxylic acids is 1. The van der Waals surface area contributed by atoms with Crippen molar-refractivity contribution < 1.29 is 26.7 Å². The molecule has 1 fully saturated rings. The van der Waals surface area contributed by atoms with E-state index in [9.17, 15) is 26.7 Å². The van der Waals surface area contributed by atoms with Crippen molar-refractivity contribution >= 4 is 5.91 Å². The van der Waals surface area contributed by atoms with Gasteiger partial charge in [0.15, 0.2) is 23.3 Å². The van der Waals surface area contributed by atoms with Crippen LogP contribution in [0, 0.1) is 40.4 Å². The second-order valence-corrected chi connectivity index (χ2v) is 4.58. The molecular formula is C13H9F5N2O. The Labute approximate surface area is 116 Å². The van der Waals surface area contributed by atoms with Gasteiger partial charge in [0.25, 0.3) is 5.91 Å². The maximum atomic E-state index is 13.6. The molecule has 21 heavy (non-hydrogen) atoms. The van der Waals surface area contributed by atoms with Crippen LogP contribution in [0.4, 0.5) is 22.0 Å². The van der Waals surface area contributed by atoms with Crippen molar-refractivity contribution in [2.24, 2.45) is 0 Å². The fourth-order valence-electron chi connectivity index (χ4n) is 1.94. The number of halogens is 5. The third-order valence-corrected chi connectivity index (χ3v) is 3.14. The summed E-state index contributed by atoms with van der Waals surface area (Å²) in [5.41, 5.74) is -1.48. The Morgan fingerprint density at radius 2 is 1.52 bits per heavy atom. The van der Waals surface area contributed by atoms with Crippen LogP contribution in [0.15, 0.2) is 0 Å². The van der Waals surface area contributed by atoms with Crippen LogP contribution in [0.3, 0.4) is 0 Å². The van der Waals surface area contributed by atoms with E-state index >= 15 is 0 Å². The Morgan fingerprint density at radius 1 is 1.05 bits per heavy atom. The first-order chi connectivity index (χ1) is 9.90. The number of hydrogen-bond donors (Lipinski definition) is 0. The molecule has 0 aromatic heterocycles. The molecule has 1 amide bonds. The van der Waals surface area contributed by atoms with Crippen molar-refractivity contribution in [3.8, 4) is 6.07 Å². The molecule has 1 aliphatic rings. The Hall–Kier alpha value is -2.17. The van der Waals surface area contributed by atoms with E-state index in [4.69, 9.17) is 5.26 Å². The molecule has 0 unspecified atom stereocenters. The van der Waals surface area contributed by atoms with E-state index in [2.05, 4.69) is 0 Å². The minimum atomic E-state index is -2.31. The van der Waals surface area contributed by atoms with Crippen LogP contribution in [-0.2, 0) is 0 Å². The summed E-state index contributed by atoms with van der Waals surface area (Å²) in [5.74, 6) is -12.2. The number of nitrogens with zero attached hydrogens (tertiary/aromatic N) is 2. The summed E-state index contributed by atoms with van der Waals surface area (Å²) >= 11 is 0. The van der Waals surface area contributed by atoms with Gasteiger partial charge in [-0.3, -0.25) is 4.79 Å². The zero-order valence-corrected chi connectivity index (χ0v) is 10.6. The van der Waals surface area contributed by atoms with E-state index in [0.29, 0.717) is 12.8 Å². The molecule has 1 saturated carbocycles. The van der Waals surface area contributed by atoms with Gasteiger partial charge in [-0.05, 0) is 12.8 Å². The molecule has 3 nitrogen and oxygen atoms in total. The number of rotatable bonds is 4. The first-order valence-corrected chi connectivity index (χ1v) is 6.09. The predicted octanol–water partition coefficient (Wildman–Crippen LogP) is 2.90. The molecule has 1 aromatic carbocycles. The molecule has 1 aliphatic carbocycles. The second kappa shape index (κ2) is 5.68. The van der Waals surface area contributed by atoms with Crippen LogP contribution in [0.5, 0.6) is 0 Å². The number of carbonyl (C=O) groups is 1. The lowest BCUT2D eigenvalue weighted by atomic mass is 10.1. The summed E-state index contributed by atoms with van der Waals surface area (Å²) in [6.45, 7) is -0.126. The first-order valence-electron chi connectivity index (χ1n) is 6.09. The van der Waals surface area contributed by atoms with Crippen LogP contribution in [0.1, 0.15) is 29.6 Å². The summed E-state index contributed by atoms with van der Waals surface area (Å²) in [6.07, 6.45) is 1.02. The molecule has 0 spiro atoms. The topological polar surface area (TPSA) is 44.1 Å². The molecule has 0 heterocycles. The Balaban J connectivity index is 2.45. The average Bonchev–Trinajstić information content (AvgIpc) is 3.28. The number of nitriles is 1. The molecule has 0 atom stereocenters. The van der Waals surface area contributed by atoms with E-state index < -0.39 is 40.6 Å². The molecule has 112 valence electrons. The molecule has 1 aromatic rings. The minimum Gasteiger partial charge on any atom is -0.334 e. The average molecular weight is 304 g/mol. The zero-order chi connectivity index (χ0) is 15.7. The second-order valence-electron chi connectivity index (χ2n) is 4.58. The Morgan fingerprint density at radius 3 is 1.95 bits per heavy atom. The highest BCUT2D eigenvalue weighted by atomic mass is 19.2. The summed E-state index contributed by atoms with van der Waals surface area (Å²) in [4.78, 5) is 13.0. The highest BCUT2D eigenvalue weighted by Gasteiger charge is 2.37. The molecule has 0 N–H and O–H groups in total. The minimum absolute atomic E-state index is 0.0996. The smallest absolute Gasteiger partial charge is 0.260 e. The van der Waals surface area contributed by atoms with Gasteiger partial charge in [-0.25, -0.2) is 22.0 Å². The lowest BCUT2D eigenvalue weighted by molar-refractivity contribution is 0.0733. The van der Waals surface area contributed by atoms with Crippen molar-refractivity contribution in [3.05, 3.63) is 34.6 Å². The highest BCUT2D eigenvalue weighted by Crippen LogP contribution is 2.31. The van der Waals surface area contributed by atoms with Crippen LogP contribution < -0.4 is 0 Å². The summed E-state index contributed by atoms with van der Waals surface area (Å²) in [5, 5.41) is 8.50. The Kier molecular flexibility index (Phi) is 4.11. The van der Waals surface area contributed by atoms with E-state index in [-0.39, 0.29) is 19.0 Å². The number of hydrogen-bond acceptors (Lipinski definition) is 2. The van der Waals surface area contributed by atoms with E-state index in [0.717, 1.165) is 4.90 Å². The number of amides is 1. The molecule has 0 bridgehead atoms. The van der Waals surface area contributed by atoms with Crippen LogP contribution >= 0.6 is 0 Å². The lowest BCUT2D eigenvalue weighted by Crippen LogP contribution is -2.35. The SMILES string of the molecule is N#CCCN(C(=O)c1c(F)c(F)c(F)c(F)c1F)C1CC1. The monoisotopic (exact) mass is 304 g/mol. The van der Waals surface area contributed by atoms with Gasteiger partial charge in [0.1, 0.15) is 5.56 Å². The van der Waals surface area contributed by atoms with E-state index in [1.165, 1.54) is 0 Å². The standard InChI is InChI=1S/C13H9F5N2O/c14-8-7(9(15)11(17)12(18)10(8)16)13(21)20(5-1-4-19)6-2-3-6/h6H,1-3,5H2. The van der Waals surface area contributed by atoms with Crippen molar-refractivity contribution in [1.82, 2.24) is 4.90 Å². The lowest BCUT2D eigenvalue weighted by Gasteiger charge is -2.22. The van der Waals surface area contributed by atoms with Gasteiger partial charge in [0.05, 0.1) is 12.5 Å². The van der Waals surface area contributed by atoms with Gasteiger partial charge in [-0.2, -0.15) is 5.26 Å². The highest BCUT2D eigenvalue weighted by molar-refractivity contribution is 5.95. The molecular weight excluding hydrogens is 295 g/mol. The van der Waals surface area contributed by atoms with Crippen molar-refractivity contribution in [2.45, 2.75) is 25.3 Å². The largest absolute Gasteiger partial charge is 0.334 e. The fourth-order valence-corrected chi connectivity index (χ4v) is 1.94. The first kappa shape index (κ1) is 15.2. The maximum Gasteiger partial charge on any atom is 0.260 e. The van der Waals surface area contributed by atoms with Gasteiger partial charge in [0, 0.05) is 12.6 Å². The van der Waals surface area contributed by atoms with Gasteiger partial charge < -0.3 is 4.90 Å². The number of benzene rings is 1. The summed E-state index contributed by atoms with van der Waals surface area (Å²) < 4.78 is 66.3. The van der Waals surface area contributed by atoms with Gasteiger partial charge in [-0.1, -0.05) is 0 Å². The van der Waals surface area contributed by atoms with Crippen molar-refractivity contribution in [2.75, 3.05) is 6.54 Å². The molecule has 8 heteroatoms.